The molecule has 0 atom stereocenters. The Balaban J connectivity index is 1.53. The molecule has 1 aliphatic rings. The molecule has 2 heterocycles. The quantitative estimate of drug-likeness (QED) is 0.574. The van der Waals surface area contributed by atoms with Crippen molar-refractivity contribution in [3.05, 3.63) is 35.9 Å². The van der Waals surface area contributed by atoms with Crippen LogP contribution < -0.4 is 5.32 Å². The van der Waals surface area contributed by atoms with Gasteiger partial charge in [0.1, 0.15) is 5.82 Å². The molecule has 1 saturated carbocycles. The number of nitrogens with zero attached hydrogens (tertiary/aromatic N) is 4. The van der Waals surface area contributed by atoms with E-state index in [1.54, 1.807) is 6.20 Å². The zero-order chi connectivity index (χ0) is 18.2. The van der Waals surface area contributed by atoms with Gasteiger partial charge in [0.15, 0.2) is 0 Å². The molecule has 0 bridgehead atoms. The topological polar surface area (TPSA) is 86.8 Å². The fourth-order valence-corrected chi connectivity index (χ4v) is 3.93. The Morgan fingerprint density at radius 3 is 2.92 bits per heavy atom. The molecule has 0 aromatic carbocycles. The van der Waals surface area contributed by atoms with Crippen LogP contribution in [0.5, 0.6) is 0 Å². The number of aryl methyl sites for hydroxylation is 1. The van der Waals surface area contributed by atoms with Crippen molar-refractivity contribution >= 4 is 17.8 Å². The molecule has 1 aliphatic carbocycles. The Hall–Kier alpha value is -2.09. The molecule has 2 amide bonds. The van der Waals surface area contributed by atoms with Crippen molar-refractivity contribution < 1.29 is 4.79 Å². The fraction of sp³-hybridized carbons (Fsp3) is 0.556. The SMILES string of the molecule is Cc1nc(SCCNC(=O)N(Cc2cccnc2)C2CCCCC2)n[nH]1. The van der Waals surface area contributed by atoms with Gasteiger partial charge in [-0.15, -0.1) is 5.10 Å². The van der Waals surface area contributed by atoms with Gasteiger partial charge < -0.3 is 10.2 Å². The summed E-state index contributed by atoms with van der Waals surface area (Å²) in [7, 11) is 0. The monoisotopic (exact) mass is 374 g/mol. The number of hydrogen-bond acceptors (Lipinski definition) is 5. The van der Waals surface area contributed by atoms with E-state index in [4.69, 9.17) is 0 Å². The van der Waals surface area contributed by atoms with Crippen molar-refractivity contribution in [3.63, 3.8) is 0 Å². The molecule has 2 aromatic rings. The van der Waals surface area contributed by atoms with Crippen LogP contribution in [0.4, 0.5) is 4.79 Å². The number of amides is 2. The summed E-state index contributed by atoms with van der Waals surface area (Å²) in [5.74, 6) is 1.55. The Kier molecular flexibility index (Phi) is 6.88. The third kappa shape index (κ3) is 5.45. The maximum Gasteiger partial charge on any atom is 0.317 e. The van der Waals surface area contributed by atoms with Gasteiger partial charge in [0.25, 0.3) is 0 Å². The van der Waals surface area contributed by atoms with E-state index in [9.17, 15) is 4.79 Å². The van der Waals surface area contributed by atoms with E-state index in [2.05, 4.69) is 25.5 Å². The summed E-state index contributed by atoms with van der Waals surface area (Å²) >= 11 is 1.54. The van der Waals surface area contributed by atoms with E-state index in [-0.39, 0.29) is 6.03 Å². The Bertz CT molecular complexity index is 686. The third-order valence-electron chi connectivity index (χ3n) is 4.54. The molecular formula is C18H26N6OS. The van der Waals surface area contributed by atoms with Crippen LogP contribution in [0.1, 0.15) is 43.5 Å². The number of carbonyl (C=O) groups excluding carboxylic acids is 1. The minimum atomic E-state index is 0.00696. The highest BCUT2D eigenvalue weighted by Gasteiger charge is 2.25. The lowest BCUT2D eigenvalue weighted by Gasteiger charge is -2.34. The first-order valence-corrected chi connectivity index (χ1v) is 10.2. The molecule has 0 radical (unpaired) electrons. The standard InChI is InChI=1S/C18H26N6OS/c1-14-21-17(23-22-14)26-11-10-20-18(25)24(16-7-3-2-4-8-16)13-15-6-5-9-19-12-15/h5-6,9,12,16H,2-4,7-8,10-11,13H2,1H3,(H,20,25)(H,21,22,23). The second-order valence-electron chi connectivity index (χ2n) is 6.56. The van der Waals surface area contributed by atoms with Crippen LogP contribution in [0.2, 0.25) is 0 Å². The highest BCUT2D eigenvalue weighted by Crippen LogP contribution is 2.24. The molecule has 7 nitrogen and oxygen atoms in total. The number of aromatic amines is 1. The van der Waals surface area contributed by atoms with Crippen molar-refractivity contribution in [2.24, 2.45) is 0 Å². The second kappa shape index (κ2) is 9.56. The van der Waals surface area contributed by atoms with Crippen LogP contribution in [0, 0.1) is 6.92 Å². The average Bonchev–Trinajstić information content (AvgIpc) is 3.10. The largest absolute Gasteiger partial charge is 0.337 e. The molecule has 8 heteroatoms. The lowest BCUT2D eigenvalue weighted by Crippen LogP contribution is -2.47. The van der Waals surface area contributed by atoms with Crippen molar-refractivity contribution in [1.82, 2.24) is 30.4 Å². The Morgan fingerprint density at radius 2 is 2.23 bits per heavy atom. The molecule has 140 valence electrons. The second-order valence-corrected chi connectivity index (χ2v) is 7.63. The maximum atomic E-state index is 12.8. The van der Waals surface area contributed by atoms with Crippen molar-refractivity contribution in [2.45, 2.75) is 56.8 Å². The first-order chi connectivity index (χ1) is 12.7. The van der Waals surface area contributed by atoms with E-state index >= 15 is 0 Å². The van der Waals surface area contributed by atoms with E-state index < -0.39 is 0 Å². The van der Waals surface area contributed by atoms with Gasteiger partial charge >= 0.3 is 6.03 Å². The van der Waals surface area contributed by atoms with Gasteiger partial charge in [0.2, 0.25) is 5.16 Å². The predicted octanol–water partition coefficient (Wildman–Crippen LogP) is 3.14. The lowest BCUT2D eigenvalue weighted by molar-refractivity contribution is 0.151. The molecule has 3 rings (SSSR count). The molecule has 1 fully saturated rings. The average molecular weight is 375 g/mol. The highest BCUT2D eigenvalue weighted by molar-refractivity contribution is 7.99. The summed E-state index contributed by atoms with van der Waals surface area (Å²) in [5.41, 5.74) is 1.07. The van der Waals surface area contributed by atoms with Gasteiger partial charge in [-0.1, -0.05) is 37.1 Å². The van der Waals surface area contributed by atoms with Gasteiger partial charge in [-0.05, 0) is 31.4 Å². The Labute approximate surface area is 158 Å². The lowest BCUT2D eigenvalue weighted by atomic mass is 9.94. The van der Waals surface area contributed by atoms with Crippen molar-refractivity contribution in [3.8, 4) is 0 Å². The van der Waals surface area contributed by atoms with Gasteiger partial charge in [-0.25, -0.2) is 9.78 Å². The number of aromatic nitrogens is 4. The minimum absolute atomic E-state index is 0.00696. The van der Waals surface area contributed by atoms with Crippen LogP contribution >= 0.6 is 11.8 Å². The summed E-state index contributed by atoms with van der Waals surface area (Å²) < 4.78 is 0. The van der Waals surface area contributed by atoms with Crippen LogP contribution in [0.3, 0.4) is 0 Å². The van der Waals surface area contributed by atoms with E-state index in [0.717, 1.165) is 35.1 Å². The first kappa shape index (κ1) is 18.7. The third-order valence-corrected chi connectivity index (χ3v) is 5.39. The molecule has 0 unspecified atom stereocenters. The maximum absolute atomic E-state index is 12.8. The van der Waals surface area contributed by atoms with E-state index in [1.165, 1.54) is 31.0 Å². The van der Waals surface area contributed by atoms with Gasteiger partial charge in [0, 0.05) is 37.3 Å². The number of hydrogen-bond donors (Lipinski definition) is 2. The summed E-state index contributed by atoms with van der Waals surface area (Å²) in [5, 5.41) is 10.7. The molecule has 0 saturated heterocycles. The summed E-state index contributed by atoms with van der Waals surface area (Å²) in [4.78, 5) is 23.2. The summed E-state index contributed by atoms with van der Waals surface area (Å²) in [6.45, 7) is 3.07. The molecule has 0 spiro atoms. The Morgan fingerprint density at radius 1 is 1.38 bits per heavy atom. The van der Waals surface area contributed by atoms with Crippen LogP contribution in [0.25, 0.3) is 0 Å². The number of rotatable bonds is 7. The van der Waals surface area contributed by atoms with Gasteiger partial charge in [-0.3, -0.25) is 10.1 Å². The van der Waals surface area contributed by atoms with E-state index in [0.29, 0.717) is 19.1 Å². The van der Waals surface area contributed by atoms with Crippen LogP contribution in [0.15, 0.2) is 29.7 Å². The minimum Gasteiger partial charge on any atom is -0.337 e. The molecule has 2 N–H and O–H groups in total. The number of carbonyl (C=O) groups is 1. The number of H-pyrrole nitrogens is 1. The van der Waals surface area contributed by atoms with Gasteiger partial charge in [0.05, 0.1) is 0 Å². The van der Waals surface area contributed by atoms with Crippen LogP contribution in [-0.4, -0.2) is 49.4 Å². The molecule has 26 heavy (non-hydrogen) atoms. The number of nitrogens with one attached hydrogen (secondary N) is 2. The zero-order valence-corrected chi connectivity index (χ0v) is 16.0. The zero-order valence-electron chi connectivity index (χ0n) is 15.1. The van der Waals surface area contributed by atoms with E-state index in [1.807, 2.05) is 30.2 Å². The van der Waals surface area contributed by atoms with Crippen molar-refractivity contribution in [1.29, 1.82) is 0 Å². The highest BCUT2D eigenvalue weighted by atomic mass is 32.2. The predicted molar refractivity (Wildman–Crippen MR) is 102 cm³/mol. The summed E-state index contributed by atoms with van der Waals surface area (Å²) in [6, 6.07) is 4.26. The summed E-state index contributed by atoms with van der Waals surface area (Å²) in [6.07, 6.45) is 9.42. The molecular weight excluding hydrogens is 348 g/mol. The fourth-order valence-electron chi connectivity index (χ4n) is 3.24. The number of pyridine rings is 1. The first-order valence-electron chi connectivity index (χ1n) is 9.17. The normalized spacial score (nSPS) is 15.0. The molecule has 2 aromatic heterocycles. The smallest absolute Gasteiger partial charge is 0.317 e. The number of urea groups is 1. The number of thioether (sulfide) groups is 1. The van der Waals surface area contributed by atoms with Crippen LogP contribution in [-0.2, 0) is 6.54 Å². The molecule has 0 aliphatic heterocycles. The van der Waals surface area contributed by atoms with Crippen molar-refractivity contribution in [2.75, 3.05) is 12.3 Å². The van der Waals surface area contributed by atoms with Gasteiger partial charge in [-0.2, -0.15) is 0 Å².